The molecule has 0 unspecified atom stereocenters. The third kappa shape index (κ3) is 4.62. The fourth-order valence-electron chi connectivity index (χ4n) is 1.57. The Morgan fingerprint density at radius 1 is 1.35 bits per heavy atom. The molecule has 86 valence electrons. The van der Waals surface area contributed by atoms with Gasteiger partial charge in [-0.05, 0) is 11.9 Å². The average Bonchev–Trinajstić information content (AvgIpc) is 2.32. The number of aliphatic carboxylic acids is 1. The van der Waals surface area contributed by atoms with Crippen LogP contribution in [-0.2, 0) is 4.79 Å². The van der Waals surface area contributed by atoms with Gasteiger partial charge in [0.15, 0.2) is 0 Å². The molecule has 7 heteroatoms. The van der Waals surface area contributed by atoms with Crippen LogP contribution >= 0.6 is 0 Å². The maximum Gasteiger partial charge on any atom is 0.320 e. The van der Waals surface area contributed by atoms with Crippen molar-refractivity contribution in [3.8, 4) is 12.3 Å². The summed E-state index contributed by atoms with van der Waals surface area (Å²) in [6.45, 7) is 0. The van der Waals surface area contributed by atoms with Crippen molar-refractivity contribution in [2.75, 3.05) is 0 Å². The summed E-state index contributed by atoms with van der Waals surface area (Å²) in [6.07, 6.45) is 6.50. The minimum Gasteiger partial charge on any atom is -0.480 e. The van der Waals surface area contributed by atoms with Crippen molar-refractivity contribution in [2.45, 2.75) is 18.8 Å². The molecule has 1 atom stereocenters. The molecule has 3 N–H and O–H groups in total. The quantitative estimate of drug-likeness (QED) is 0.296. The number of hydrogen-bond acceptors (Lipinski definition) is 2. The lowest BCUT2D eigenvalue weighted by Crippen LogP contribution is -2.30. The summed E-state index contributed by atoms with van der Waals surface area (Å²) in [5.74, 6) is 1.63. The summed E-state index contributed by atoms with van der Waals surface area (Å²) in [4.78, 5) is 10.7. The molecule has 0 rings (SSSR count). The lowest BCUT2D eigenvalue weighted by molar-refractivity contribution is -0.138. The van der Waals surface area contributed by atoms with Crippen molar-refractivity contribution in [1.82, 2.24) is 0 Å². The van der Waals surface area contributed by atoms with Crippen LogP contribution in [0.3, 0.4) is 0 Å². The van der Waals surface area contributed by atoms with Crippen molar-refractivity contribution in [1.29, 1.82) is 0 Å². The van der Waals surface area contributed by atoms with Crippen LogP contribution in [0.25, 0.3) is 0 Å². The smallest absolute Gasteiger partial charge is 0.320 e. The highest BCUT2D eigenvalue weighted by Gasteiger charge is 2.14. The number of terminal acetylenes is 1. The summed E-state index contributed by atoms with van der Waals surface area (Å²) >= 11 is 0. The first kappa shape index (κ1) is 15.7. The molecule has 0 bridgehead atoms. The standard InChI is InChI=1S/C10H17B4NO2/c1-2-6(12)9(14)8(13)5(4-11)3-7(15)10(16)17/h1,7H,3-4,11-15H2,(H,16,17)/b8-5+,9-6-/t7-/m0/s1. The van der Waals surface area contributed by atoms with Gasteiger partial charge in [0.1, 0.15) is 37.4 Å². The Labute approximate surface area is 107 Å². The molecule has 0 aromatic carbocycles. The molecule has 0 aliphatic carbocycles. The van der Waals surface area contributed by atoms with Crippen molar-refractivity contribution in [2.24, 2.45) is 5.73 Å². The fraction of sp³-hybridized carbons (Fsp3) is 0.300. The Kier molecular flexibility index (Phi) is 6.60. The van der Waals surface area contributed by atoms with Gasteiger partial charge in [-0.1, -0.05) is 28.8 Å². The molecule has 0 saturated heterocycles. The molecule has 0 aliphatic heterocycles. The van der Waals surface area contributed by atoms with Gasteiger partial charge in [-0.2, -0.15) is 0 Å². The summed E-state index contributed by atoms with van der Waals surface area (Å²) < 4.78 is 0. The number of hydrogen-bond donors (Lipinski definition) is 2. The molecule has 0 saturated carbocycles. The van der Waals surface area contributed by atoms with Crippen LogP contribution in [-0.4, -0.2) is 48.5 Å². The van der Waals surface area contributed by atoms with Crippen LogP contribution in [0.2, 0.25) is 6.32 Å². The Morgan fingerprint density at radius 3 is 2.24 bits per heavy atom. The van der Waals surface area contributed by atoms with E-state index in [0.29, 0.717) is 6.42 Å². The highest BCUT2D eigenvalue weighted by atomic mass is 16.4. The largest absolute Gasteiger partial charge is 0.480 e. The van der Waals surface area contributed by atoms with Crippen LogP contribution in [0.15, 0.2) is 22.0 Å². The maximum atomic E-state index is 10.7. The Hall–Kier alpha value is -1.27. The van der Waals surface area contributed by atoms with Gasteiger partial charge in [0.2, 0.25) is 0 Å². The van der Waals surface area contributed by atoms with Gasteiger partial charge in [-0.25, -0.2) is 0 Å². The monoisotopic (exact) mass is 227 g/mol. The molecule has 0 fully saturated rings. The lowest BCUT2D eigenvalue weighted by Gasteiger charge is -2.15. The molecule has 0 spiro atoms. The second kappa shape index (κ2) is 7.13. The molecule has 0 aromatic rings. The summed E-state index contributed by atoms with van der Waals surface area (Å²) in [5, 5.41) is 8.81. The maximum absolute atomic E-state index is 10.7. The molecule has 17 heavy (non-hydrogen) atoms. The first-order valence-corrected chi connectivity index (χ1v) is 5.66. The van der Waals surface area contributed by atoms with Gasteiger partial charge in [0.25, 0.3) is 0 Å². The zero-order valence-electron chi connectivity index (χ0n) is 11.0. The van der Waals surface area contributed by atoms with Crippen molar-refractivity contribution < 1.29 is 9.90 Å². The zero-order chi connectivity index (χ0) is 13.6. The van der Waals surface area contributed by atoms with Crippen LogP contribution in [0.5, 0.6) is 0 Å². The number of rotatable bonds is 5. The number of allylic oxidation sites excluding steroid dienone is 3. The third-order valence-electron chi connectivity index (χ3n) is 3.08. The SMILES string of the molecule is BC/C(C[C@H](N)C(=O)O)=C(B)\C(B)=C(\B)C#C. The van der Waals surface area contributed by atoms with Gasteiger partial charge < -0.3 is 10.8 Å². The van der Waals surface area contributed by atoms with Crippen molar-refractivity contribution in [3.05, 3.63) is 22.0 Å². The molecule has 0 aromatic heterocycles. The van der Waals surface area contributed by atoms with Crippen LogP contribution in [0.4, 0.5) is 0 Å². The van der Waals surface area contributed by atoms with Crippen LogP contribution < -0.4 is 5.73 Å². The second-order valence-electron chi connectivity index (χ2n) is 4.13. The Morgan fingerprint density at radius 2 is 1.88 bits per heavy atom. The first-order chi connectivity index (χ1) is 7.84. The first-order valence-electron chi connectivity index (χ1n) is 5.66. The number of carbonyl (C=O) groups is 1. The van der Waals surface area contributed by atoms with E-state index in [9.17, 15) is 4.79 Å². The molecule has 0 heterocycles. The fourth-order valence-corrected chi connectivity index (χ4v) is 1.57. The Bertz CT molecular complexity index is 409. The predicted octanol–water partition coefficient (Wildman–Crippen LogP) is -3.16. The van der Waals surface area contributed by atoms with Gasteiger partial charge in [0.05, 0.1) is 0 Å². The number of carboxylic acids is 1. The molecular weight excluding hydrogens is 209 g/mol. The van der Waals surface area contributed by atoms with Gasteiger partial charge >= 0.3 is 5.97 Å². The summed E-state index contributed by atoms with van der Waals surface area (Å²) in [6, 6.07) is -0.848. The van der Waals surface area contributed by atoms with Gasteiger partial charge in [-0.3, -0.25) is 4.79 Å². The Balaban J connectivity index is 5.23. The third-order valence-corrected chi connectivity index (χ3v) is 3.08. The van der Waals surface area contributed by atoms with E-state index in [1.807, 2.05) is 31.4 Å². The van der Waals surface area contributed by atoms with E-state index in [4.69, 9.17) is 17.3 Å². The van der Waals surface area contributed by atoms with E-state index in [-0.39, 0.29) is 0 Å². The molecule has 0 aliphatic rings. The topological polar surface area (TPSA) is 63.3 Å². The molecular formula is C10H17B4NO2. The highest BCUT2D eigenvalue weighted by molar-refractivity contribution is 6.42. The van der Waals surface area contributed by atoms with E-state index in [1.54, 1.807) is 0 Å². The van der Waals surface area contributed by atoms with Gasteiger partial charge in [0, 0.05) is 0 Å². The predicted molar refractivity (Wildman–Crippen MR) is 82.1 cm³/mol. The zero-order valence-corrected chi connectivity index (χ0v) is 11.0. The molecule has 3 nitrogen and oxygen atoms in total. The minimum atomic E-state index is -0.973. The van der Waals surface area contributed by atoms with Crippen LogP contribution in [0.1, 0.15) is 6.42 Å². The molecule has 0 amide bonds. The summed E-state index contributed by atoms with van der Waals surface area (Å²) in [5.41, 5.74) is 9.55. The summed E-state index contributed by atoms with van der Waals surface area (Å²) in [7, 11) is 7.78. The lowest BCUT2D eigenvalue weighted by atomic mass is 9.67. The number of nitrogens with two attached hydrogens (primary N) is 1. The van der Waals surface area contributed by atoms with Crippen molar-refractivity contribution in [3.63, 3.8) is 0 Å². The normalized spacial score (nSPS) is 15.3. The van der Waals surface area contributed by atoms with Crippen molar-refractivity contribution >= 4 is 37.4 Å². The van der Waals surface area contributed by atoms with E-state index in [1.165, 1.54) is 0 Å². The van der Waals surface area contributed by atoms with E-state index >= 15 is 0 Å². The van der Waals surface area contributed by atoms with E-state index in [2.05, 4.69) is 5.92 Å². The minimum absolute atomic E-state index is 0.368. The highest BCUT2D eigenvalue weighted by Crippen LogP contribution is 2.18. The van der Waals surface area contributed by atoms with Crippen LogP contribution in [0, 0.1) is 12.3 Å². The number of carboxylic acid groups (broad SMARTS) is 1. The average molecular weight is 226 g/mol. The van der Waals surface area contributed by atoms with E-state index in [0.717, 1.165) is 28.3 Å². The molecule has 0 radical (unpaired) electrons. The van der Waals surface area contributed by atoms with Gasteiger partial charge in [-0.15, -0.1) is 6.42 Å². The second-order valence-corrected chi connectivity index (χ2v) is 4.13. The van der Waals surface area contributed by atoms with E-state index < -0.39 is 12.0 Å².